The van der Waals surface area contributed by atoms with Crippen LogP contribution in [-0.4, -0.2) is 26.3 Å². The normalized spacial score (nSPS) is 10.4. The van der Waals surface area contributed by atoms with Gasteiger partial charge in [0.1, 0.15) is 5.01 Å². The summed E-state index contributed by atoms with van der Waals surface area (Å²) in [5.41, 5.74) is 7.40. The number of hydrogen-bond donors (Lipinski definition) is 1. The number of aryl methyl sites for hydroxylation is 1. The molecular weight excluding hydrogens is 276 g/mol. The molecule has 0 amide bonds. The van der Waals surface area contributed by atoms with Crippen molar-refractivity contribution in [3.05, 3.63) is 22.0 Å². The molecule has 1 heterocycles. The van der Waals surface area contributed by atoms with E-state index in [1.165, 1.54) is 0 Å². The van der Waals surface area contributed by atoms with E-state index in [0.717, 1.165) is 21.1 Å². The number of hydrogen-bond acceptors (Lipinski definition) is 6. The standard InChI is InChI=1S/C14H18N2O3S/c1-8-12(16-11(7-15)20-8)9-5-6-10(17-2)14(19-4)13(9)18-3/h5-6H,7,15H2,1-4H3. The van der Waals surface area contributed by atoms with Crippen LogP contribution in [0.3, 0.4) is 0 Å². The summed E-state index contributed by atoms with van der Waals surface area (Å²) in [7, 11) is 4.79. The van der Waals surface area contributed by atoms with Crippen LogP contribution >= 0.6 is 11.3 Å². The van der Waals surface area contributed by atoms with E-state index in [1.807, 2.05) is 19.1 Å². The van der Waals surface area contributed by atoms with E-state index in [2.05, 4.69) is 4.98 Å². The summed E-state index contributed by atoms with van der Waals surface area (Å²) in [5, 5.41) is 0.898. The number of rotatable bonds is 5. The molecule has 0 unspecified atom stereocenters. The fourth-order valence-corrected chi connectivity index (χ4v) is 2.90. The first-order valence-electron chi connectivity index (χ1n) is 6.12. The Bertz CT molecular complexity index is 611. The quantitative estimate of drug-likeness (QED) is 0.918. The van der Waals surface area contributed by atoms with Gasteiger partial charge in [-0.15, -0.1) is 11.3 Å². The topological polar surface area (TPSA) is 66.6 Å². The van der Waals surface area contributed by atoms with Gasteiger partial charge in [0.15, 0.2) is 11.5 Å². The molecule has 0 saturated heterocycles. The minimum Gasteiger partial charge on any atom is -0.493 e. The van der Waals surface area contributed by atoms with Crippen molar-refractivity contribution >= 4 is 11.3 Å². The highest BCUT2D eigenvalue weighted by Crippen LogP contribution is 2.45. The Morgan fingerprint density at radius 1 is 1.10 bits per heavy atom. The predicted octanol–water partition coefficient (Wildman–Crippen LogP) is 2.60. The third kappa shape index (κ3) is 2.44. The van der Waals surface area contributed by atoms with Crippen molar-refractivity contribution in [1.29, 1.82) is 0 Å². The van der Waals surface area contributed by atoms with Gasteiger partial charge in [0.2, 0.25) is 5.75 Å². The number of thiazole rings is 1. The van der Waals surface area contributed by atoms with Gasteiger partial charge in [0.05, 0.1) is 27.0 Å². The number of methoxy groups -OCH3 is 3. The first-order valence-corrected chi connectivity index (χ1v) is 6.93. The molecule has 1 aromatic heterocycles. The van der Waals surface area contributed by atoms with Crippen molar-refractivity contribution in [3.8, 4) is 28.5 Å². The molecule has 0 aliphatic carbocycles. The predicted molar refractivity (Wildman–Crippen MR) is 79.8 cm³/mol. The largest absolute Gasteiger partial charge is 0.493 e. The molecular formula is C14H18N2O3S. The van der Waals surface area contributed by atoms with Crippen LogP contribution in [0, 0.1) is 6.92 Å². The average Bonchev–Trinajstić information content (AvgIpc) is 2.86. The fourth-order valence-electron chi connectivity index (χ4n) is 2.08. The second-order valence-corrected chi connectivity index (χ2v) is 5.39. The number of ether oxygens (including phenoxy) is 3. The second kappa shape index (κ2) is 6.11. The van der Waals surface area contributed by atoms with Gasteiger partial charge in [-0.25, -0.2) is 4.98 Å². The maximum absolute atomic E-state index is 5.65. The average molecular weight is 294 g/mol. The summed E-state index contributed by atoms with van der Waals surface area (Å²) < 4.78 is 16.2. The van der Waals surface area contributed by atoms with Crippen LogP contribution in [0.5, 0.6) is 17.2 Å². The molecule has 0 saturated carbocycles. The molecule has 0 radical (unpaired) electrons. The molecule has 0 aliphatic rings. The fraction of sp³-hybridized carbons (Fsp3) is 0.357. The third-order valence-electron chi connectivity index (χ3n) is 2.97. The Morgan fingerprint density at radius 2 is 1.80 bits per heavy atom. The number of nitrogens with two attached hydrogens (primary N) is 1. The summed E-state index contributed by atoms with van der Waals surface area (Å²) in [5.74, 6) is 1.80. The van der Waals surface area contributed by atoms with Crippen LogP contribution in [0.2, 0.25) is 0 Å². The van der Waals surface area contributed by atoms with Crippen molar-refractivity contribution in [2.75, 3.05) is 21.3 Å². The minimum absolute atomic E-state index is 0.432. The molecule has 0 fully saturated rings. The Morgan fingerprint density at radius 3 is 2.30 bits per heavy atom. The molecule has 2 N–H and O–H groups in total. The van der Waals surface area contributed by atoms with E-state index in [0.29, 0.717) is 23.8 Å². The van der Waals surface area contributed by atoms with Crippen molar-refractivity contribution < 1.29 is 14.2 Å². The molecule has 0 spiro atoms. The van der Waals surface area contributed by atoms with Crippen LogP contribution in [0.1, 0.15) is 9.88 Å². The van der Waals surface area contributed by atoms with Gasteiger partial charge in [-0.1, -0.05) is 0 Å². The highest BCUT2D eigenvalue weighted by Gasteiger charge is 2.20. The van der Waals surface area contributed by atoms with Crippen molar-refractivity contribution in [3.63, 3.8) is 0 Å². The highest BCUT2D eigenvalue weighted by atomic mass is 32.1. The minimum atomic E-state index is 0.432. The Hall–Kier alpha value is -1.79. The maximum Gasteiger partial charge on any atom is 0.203 e. The Kier molecular flexibility index (Phi) is 4.46. The number of aromatic nitrogens is 1. The lowest BCUT2D eigenvalue weighted by Gasteiger charge is -2.15. The number of benzene rings is 1. The summed E-state index contributed by atoms with van der Waals surface area (Å²) in [6.45, 7) is 2.45. The van der Waals surface area contributed by atoms with E-state index >= 15 is 0 Å². The Labute approximate surface area is 122 Å². The third-order valence-corrected chi connectivity index (χ3v) is 3.97. The van der Waals surface area contributed by atoms with Gasteiger partial charge in [-0.05, 0) is 19.1 Å². The first-order chi connectivity index (χ1) is 9.65. The molecule has 2 aromatic rings. The van der Waals surface area contributed by atoms with Crippen LogP contribution < -0.4 is 19.9 Å². The zero-order valence-corrected chi connectivity index (χ0v) is 12.8. The van der Waals surface area contributed by atoms with E-state index in [-0.39, 0.29) is 0 Å². The molecule has 0 atom stereocenters. The smallest absolute Gasteiger partial charge is 0.203 e. The monoisotopic (exact) mass is 294 g/mol. The molecule has 5 nitrogen and oxygen atoms in total. The van der Waals surface area contributed by atoms with Gasteiger partial charge < -0.3 is 19.9 Å². The Balaban J connectivity index is 2.64. The van der Waals surface area contributed by atoms with Crippen LogP contribution in [0.15, 0.2) is 12.1 Å². The summed E-state index contributed by atoms with van der Waals surface area (Å²) in [4.78, 5) is 5.65. The zero-order valence-electron chi connectivity index (χ0n) is 12.0. The van der Waals surface area contributed by atoms with Gasteiger partial charge in [0.25, 0.3) is 0 Å². The van der Waals surface area contributed by atoms with E-state index in [1.54, 1.807) is 32.7 Å². The molecule has 1 aromatic carbocycles. The molecule has 108 valence electrons. The molecule has 0 aliphatic heterocycles. The molecule has 6 heteroatoms. The van der Waals surface area contributed by atoms with Crippen molar-refractivity contribution in [1.82, 2.24) is 4.98 Å². The SMILES string of the molecule is COc1ccc(-c2nc(CN)sc2C)c(OC)c1OC. The molecule has 0 bridgehead atoms. The number of nitrogens with zero attached hydrogens (tertiary/aromatic N) is 1. The van der Waals surface area contributed by atoms with E-state index in [9.17, 15) is 0 Å². The van der Waals surface area contributed by atoms with E-state index < -0.39 is 0 Å². The van der Waals surface area contributed by atoms with Gasteiger partial charge in [-0.2, -0.15) is 0 Å². The van der Waals surface area contributed by atoms with Crippen molar-refractivity contribution in [2.45, 2.75) is 13.5 Å². The lowest BCUT2D eigenvalue weighted by atomic mass is 10.1. The molecule has 2 rings (SSSR count). The maximum atomic E-state index is 5.65. The first kappa shape index (κ1) is 14.6. The van der Waals surface area contributed by atoms with Gasteiger partial charge in [-0.3, -0.25) is 0 Å². The zero-order chi connectivity index (χ0) is 14.7. The lowest BCUT2D eigenvalue weighted by Crippen LogP contribution is -1.98. The van der Waals surface area contributed by atoms with Crippen molar-refractivity contribution in [2.24, 2.45) is 5.73 Å². The van der Waals surface area contributed by atoms with Crippen LogP contribution in [0.4, 0.5) is 0 Å². The highest BCUT2D eigenvalue weighted by molar-refractivity contribution is 7.12. The summed E-state index contributed by atoms with van der Waals surface area (Å²) in [6, 6.07) is 3.76. The summed E-state index contributed by atoms with van der Waals surface area (Å²) >= 11 is 1.59. The van der Waals surface area contributed by atoms with Crippen LogP contribution in [0.25, 0.3) is 11.3 Å². The van der Waals surface area contributed by atoms with Crippen LogP contribution in [-0.2, 0) is 6.54 Å². The second-order valence-electron chi connectivity index (χ2n) is 4.10. The summed E-state index contributed by atoms with van der Waals surface area (Å²) in [6.07, 6.45) is 0. The van der Waals surface area contributed by atoms with E-state index in [4.69, 9.17) is 19.9 Å². The molecule has 20 heavy (non-hydrogen) atoms. The lowest BCUT2D eigenvalue weighted by molar-refractivity contribution is 0.325. The van der Waals surface area contributed by atoms with Gasteiger partial charge >= 0.3 is 0 Å². The van der Waals surface area contributed by atoms with Gasteiger partial charge in [0, 0.05) is 17.0 Å².